The largest absolute Gasteiger partial charge is 0.316 e. The number of hydrogen-bond donors (Lipinski definition) is 1. The standard InChI is InChI=1S/C10H17N3O2S/c1-10(3-4-16(14,15)8-10)13-7-9(5-11-2)6-12-13/h6-7,11H,3-5,8H2,1-2H3. The Morgan fingerprint density at radius 1 is 1.62 bits per heavy atom. The van der Waals surface area contributed by atoms with E-state index in [1.165, 1.54) is 0 Å². The first-order valence-electron chi connectivity index (χ1n) is 5.34. The lowest BCUT2D eigenvalue weighted by molar-refractivity contribution is 0.328. The third-order valence-corrected chi connectivity index (χ3v) is 4.94. The van der Waals surface area contributed by atoms with Gasteiger partial charge in [0, 0.05) is 18.3 Å². The number of hydrogen-bond acceptors (Lipinski definition) is 4. The Kier molecular flexibility index (Phi) is 2.79. The van der Waals surface area contributed by atoms with Crippen LogP contribution < -0.4 is 5.32 Å². The van der Waals surface area contributed by atoms with Crippen LogP contribution in [0.1, 0.15) is 18.9 Å². The van der Waals surface area contributed by atoms with Crippen LogP contribution in [-0.2, 0) is 21.9 Å². The third kappa shape index (κ3) is 2.12. The van der Waals surface area contributed by atoms with E-state index in [0.29, 0.717) is 6.42 Å². The van der Waals surface area contributed by atoms with Crippen LogP contribution in [-0.4, -0.2) is 36.8 Å². The van der Waals surface area contributed by atoms with Gasteiger partial charge in [0.2, 0.25) is 0 Å². The lowest BCUT2D eigenvalue weighted by Gasteiger charge is -2.22. The summed E-state index contributed by atoms with van der Waals surface area (Å²) in [6, 6.07) is 0. The summed E-state index contributed by atoms with van der Waals surface area (Å²) in [4.78, 5) is 0. The summed E-state index contributed by atoms with van der Waals surface area (Å²) in [6.45, 7) is 2.70. The number of aromatic nitrogens is 2. The molecule has 2 heterocycles. The lowest BCUT2D eigenvalue weighted by atomic mass is 10.0. The summed E-state index contributed by atoms with van der Waals surface area (Å²) in [6.07, 6.45) is 4.36. The molecule has 1 aliphatic rings. The molecule has 16 heavy (non-hydrogen) atoms. The minimum atomic E-state index is -2.88. The van der Waals surface area contributed by atoms with Crippen molar-refractivity contribution in [2.45, 2.75) is 25.4 Å². The zero-order chi connectivity index (χ0) is 11.8. The van der Waals surface area contributed by atoms with E-state index >= 15 is 0 Å². The monoisotopic (exact) mass is 243 g/mol. The van der Waals surface area contributed by atoms with Gasteiger partial charge in [-0.2, -0.15) is 5.10 Å². The highest BCUT2D eigenvalue weighted by molar-refractivity contribution is 7.91. The van der Waals surface area contributed by atoms with Gasteiger partial charge in [0.25, 0.3) is 0 Å². The highest BCUT2D eigenvalue weighted by Crippen LogP contribution is 2.29. The Bertz CT molecular complexity index is 480. The molecule has 6 heteroatoms. The predicted molar refractivity (Wildman–Crippen MR) is 61.9 cm³/mol. The van der Waals surface area contributed by atoms with Crippen molar-refractivity contribution >= 4 is 9.84 Å². The van der Waals surface area contributed by atoms with Crippen LogP contribution in [0.25, 0.3) is 0 Å². The topological polar surface area (TPSA) is 64.0 Å². The maximum absolute atomic E-state index is 11.5. The first-order chi connectivity index (χ1) is 7.45. The third-order valence-electron chi connectivity index (χ3n) is 3.05. The molecule has 90 valence electrons. The van der Waals surface area contributed by atoms with Crippen molar-refractivity contribution in [3.63, 3.8) is 0 Å². The fourth-order valence-electron chi connectivity index (χ4n) is 2.12. The summed E-state index contributed by atoms with van der Waals surface area (Å²) >= 11 is 0. The summed E-state index contributed by atoms with van der Waals surface area (Å²) < 4.78 is 24.8. The van der Waals surface area contributed by atoms with Gasteiger partial charge in [0.05, 0.1) is 23.2 Å². The molecule has 0 radical (unpaired) electrons. The zero-order valence-electron chi connectivity index (χ0n) is 9.60. The summed E-state index contributed by atoms with van der Waals surface area (Å²) in [5.74, 6) is 0.464. The molecule has 0 bridgehead atoms. The zero-order valence-corrected chi connectivity index (χ0v) is 10.4. The molecule has 0 saturated carbocycles. The highest BCUT2D eigenvalue weighted by Gasteiger charge is 2.40. The Balaban J connectivity index is 2.23. The molecule has 2 rings (SSSR count). The molecule has 5 nitrogen and oxygen atoms in total. The van der Waals surface area contributed by atoms with Gasteiger partial charge < -0.3 is 5.32 Å². The van der Waals surface area contributed by atoms with E-state index < -0.39 is 9.84 Å². The van der Waals surface area contributed by atoms with Crippen LogP contribution in [0.4, 0.5) is 0 Å². The fourth-order valence-corrected chi connectivity index (χ4v) is 4.24. The smallest absolute Gasteiger partial charge is 0.152 e. The molecule has 1 aliphatic heterocycles. The Labute approximate surface area is 95.8 Å². The van der Waals surface area contributed by atoms with Crippen molar-refractivity contribution in [1.82, 2.24) is 15.1 Å². The van der Waals surface area contributed by atoms with E-state index in [0.717, 1.165) is 12.1 Å². The Morgan fingerprint density at radius 2 is 2.38 bits per heavy atom. The van der Waals surface area contributed by atoms with Crippen molar-refractivity contribution in [2.75, 3.05) is 18.6 Å². The highest BCUT2D eigenvalue weighted by atomic mass is 32.2. The molecule has 1 fully saturated rings. The number of sulfone groups is 1. The van der Waals surface area contributed by atoms with Gasteiger partial charge >= 0.3 is 0 Å². The van der Waals surface area contributed by atoms with E-state index in [9.17, 15) is 8.42 Å². The number of nitrogens with zero attached hydrogens (tertiary/aromatic N) is 2. The molecular weight excluding hydrogens is 226 g/mol. The molecule has 1 atom stereocenters. The van der Waals surface area contributed by atoms with Gasteiger partial charge in [0.15, 0.2) is 9.84 Å². The first-order valence-corrected chi connectivity index (χ1v) is 7.16. The molecule has 1 saturated heterocycles. The molecule has 1 unspecified atom stereocenters. The van der Waals surface area contributed by atoms with Crippen LogP contribution in [0.5, 0.6) is 0 Å². The number of nitrogens with one attached hydrogen (secondary N) is 1. The molecule has 1 aromatic heterocycles. The molecule has 0 amide bonds. The minimum Gasteiger partial charge on any atom is -0.316 e. The molecule has 1 N–H and O–H groups in total. The van der Waals surface area contributed by atoms with Crippen molar-refractivity contribution in [3.8, 4) is 0 Å². The van der Waals surface area contributed by atoms with Crippen molar-refractivity contribution in [1.29, 1.82) is 0 Å². The molecule has 0 spiro atoms. The van der Waals surface area contributed by atoms with Crippen molar-refractivity contribution < 1.29 is 8.42 Å². The molecule has 1 aromatic rings. The van der Waals surface area contributed by atoms with E-state index in [4.69, 9.17) is 0 Å². The van der Waals surface area contributed by atoms with Gasteiger partial charge in [-0.15, -0.1) is 0 Å². The van der Waals surface area contributed by atoms with Crippen LogP contribution in [0, 0.1) is 0 Å². The van der Waals surface area contributed by atoms with Gasteiger partial charge in [-0.1, -0.05) is 0 Å². The fraction of sp³-hybridized carbons (Fsp3) is 0.700. The summed E-state index contributed by atoms with van der Waals surface area (Å²) in [5.41, 5.74) is 0.707. The van der Waals surface area contributed by atoms with Gasteiger partial charge in [-0.3, -0.25) is 4.68 Å². The van der Waals surface area contributed by atoms with Crippen molar-refractivity contribution in [3.05, 3.63) is 18.0 Å². The second-order valence-electron chi connectivity index (χ2n) is 4.66. The molecule has 0 aromatic carbocycles. The summed E-state index contributed by atoms with van der Waals surface area (Å²) in [5, 5.41) is 7.31. The van der Waals surface area contributed by atoms with E-state index in [2.05, 4.69) is 10.4 Å². The van der Waals surface area contributed by atoms with Gasteiger partial charge in [0.1, 0.15) is 0 Å². The lowest BCUT2D eigenvalue weighted by Crippen LogP contribution is -2.31. The van der Waals surface area contributed by atoms with E-state index in [-0.39, 0.29) is 17.0 Å². The quantitative estimate of drug-likeness (QED) is 0.820. The van der Waals surface area contributed by atoms with Crippen LogP contribution in [0.3, 0.4) is 0 Å². The van der Waals surface area contributed by atoms with E-state index in [1.807, 2.05) is 20.2 Å². The average Bonchev–Trinajstić information content (AvgIpc) is 2.73. The molecule has 0 aliphatic carbocycles. The van der Waals surface area contributed by atoms with Gasteiger partial charge in [-0.25, -0.2) is 8.42 Å². The van der Waals surface area contributed by atoms with Gasteiger partial charge in [-0.05, 0) is 20.4 Å². The Hall–Kier alpha value is -0.880. The van der Waals surface area contributed by atoms with Crippen LogP contribution in [0.2, 0.25) is 0 Å². The normalized spacial score (nSPS) is 28.4. The maximum Gasteiger partial charge on any atom is 0.152 e. The van der Waals surface area contributed by atoms with Crippen LogP contribution >= 0.6 is 0 Å². The average molecular weight is 243 g/mol. The predicted octanol–water partition coefficient (Wildman–Crippen LogP) is 0.136. The maximum atomic E-state index is 11.5. The first kappa shape index (κ1) is 11.6. The second kappa shape index (κ2) is 3.85. The minimum absolute atomic E-state index is 0.195. The number of rotatable bonds is 3. The molecular formula is C10H17N3O2S. The SMILES string of the molecule is CNCc1cnn(C2(C)CCS(=O)(=O)C2)c1. The van der Waals surface area contributed by atoms with Crippen molar-refractivity contribution in [2.24, 2.45) is 0 Å². The van der Waals surface area contributed by atoms with Crippen LogP contribution in [0.15, 0.2) is 12.4 Å². The second-order valence-corrected chi connectivity index (χ2v) is 6.85. The Morgan fingerprint density at radius 3 is 2.94 bits per heavy atom. The van der Waals surface area contributed by atoms with E-state index in [1.54, 1.807) is 10.9 Å². The summed E-state index contributed by atoms with van der Waals surface area (Å²) in [7, 11) is -1.01.